The van der Waals surface area contributed by atoms with Crippen molar-refractivity contribution in [2.45, 2.75) is 19.3 Å². The zero-order chi connectivity index (χ0) is 11.8. The zero-order valence-electron chi connectivity index (χ0n) is 9.24. The van der Waals surface area contributed by atoms with Crippen molar-refractivity contribution in [1.29, 1.82) is 0 Å². The molecule has 0 bridgehead atoms. The van der Waals surface area contributed by atoms with Crippen LogP contribution in [0.25, 0.3) is 0 Å². The normalized spacial score (nSPS) is 10.4. The van der Waals surface area contributed by atoms with Crippen LogP contribution in [0.2, 0.25) is 5.28 Å². The van der Waals surface area contributed by atoms with E-state index in [0.29, 0.717) is 5.95 Å². The largest absolute Gasteiger partial charge is 0.368 e. The van der Waals surface area contributed by atoms with E-state index in [0.717, 1.165) is 13.0 Å². The number of nitrogens with one attached hydrogen (secondary N) is 1. The third-order valence-electron chi connectivity index (χ3n) is 1.93. The number of anilines is 2. The number of thioether (sulfide) groups is 1. The third-order valence-corrected chi connectivity index (χ3v) is 2.80. The molecule has 0 radical (unpaired) electrons. The molecule has 5 nitrogen and oxygen atoms in total. The highest BCUT2D eigenvalue weighted by molar-refractivity contribution is 7.98. The molecule has 0 saturated carbocycles. The van der Waals surface area contributed by atoms with Gasteiger partial charge in [-0.3, -0.25) is 0 Å². The average molecular weight is 262 g/mol. The summed E-state index contributed by atoms with van der Waals surface area (Å²) in [5.74, 6) is 1.80. The third kappa shape index (κ3) is 5.37. The minimum absolute atomic E-state index is 0.123. The van der Waals surface area contributed by atoms with Crippen molar-refractivity contribution in [1.82, 2.24) is 15.0 Å². The van der Waals surface area contributed by atoms with Gasteiger partial charge in [0.1, 0.15) is 0 Å². The predicted molar refractivity (Wildman–Crippen MR) is 70.0 cm³/mol. The molecule has 1 aromatic rings. The van der Waals surface area contributed by atoms with Gasteiger partial charge in [0.25, 0.3) is 0 Å². The standard InChI is InChI=1S/C9H16ClN5S/c1-16-6-4-2-3-5-12-9-14-7(10)13-8(11)15-9/h2-6H2,1H3,(H3,11,12,13,14,15). The lowest BCUT2D eigenvalue weighted by atomic mass is 10.2. The van der Waals surface area contributed by atoms with Crippen molar-refractivity contribution in [3.63, 3.8) is 0 Å². The number of nitrogens with two attached hydrogens (primary N) is 1. The van der Waals surface area contributed by atoms with Gasteiger partial charge in [0.05, 0.1) is 0 Å². The molecule has 1 heterocycles. The Hall–Kier alpha value is -0.750. The van der Waals surface area contributed by atoms with Crippen LogP contribution in [0, 0.1) is 0 Å². The molecule has 90 valence electrons. The summed E-state index contributed by atoms with van der Waals surface area (Å²) in [6.07, 6.45) is 5.64. The van der Waals surface area contributed by atoms with Gasteiger partial charge in [-0.15, -0.1) is 0 Å². The number of unbranched alkanes of at least 4 members (excludes halogenated alkanes) is 2. The lowest BCUT2D eigenvalue weighted by Crippen LogP contribution is -2.08. The Balaban J connectivity index is 2.21. The van der Waals surface area contributed by atoms with E-state index in [9.17, 15) is 0 Å². The summed E-state index contributed by atoms with van der Waals surface area (Å²) in [5.41, 5.74) is 5.44. The van der Waals surface area contributed by atoms with Gasteiger partial charge in [0.2, 0.25) is 17.2 Å². The van der Waals surface area contributed by atoms with Crippen molar-refractivity contribution < 1.29 is 0 Å². The van der Waals surface area contributed by atoms with Crippen LogP contribution in [0.1, 0.15) is 19.3 Å². The average Bonchev–Trinajstić information content (AvgIpc) is 2.22. The van der Waals surface area contributed by atoms with Crippen molar-refractivity contribution in [2.24, 2.45) is 0 Å². The van der Waals surface area contributed by atoms with Crippen molar-refractivity contribution >= 4 is 35.3 Å². The number of rotatable bonds is 7. The molecule has 0 atom stereocenters. The first-order valence-corrected chi connectivity index (χ1v) is 6.89. The lowest BCUT2D eigenvalue weighted by molar-refractivity contribution is 0.746. The maximum absolute atomic E-state index is 5.65. The summed E-state index contributed by atoms with van der Waals surface area (Å²) >= 11 is 7.52. The van der Waals surface area contributed by atoms with E-state index >= 15 is 0 Å². The first kappa shape index (κ1) is 13.3. The monoisotopic (exact) mass is 261 g/mol. The highest BCUT2D eigenvalue weighted by Gasteiger charge is 2.00. The van der Waals surface area contributed by atoms with Crippen molar-refractivity contribution in [3.8, 4) is 0 Å². The van der Waals surface area contributed by atoms with Crippen LogP contribution < -0.4 is 11.1 Å². The molecule has 1 rings (SSSR count). The minimum Gasteiger partial charge on any atom is -0.368 e. The van der Waals surface area contributed by atoms with E-state index in [2.05, 4.69) is 26.5 Å². The van der Waals surface area contributed by atoms with Crippen LogP contribution in [-0.4, -0.2) is 33.5 Å². The molecule has 0 aliphatic carbocycles. The van der Waals surface area contributed by atoms with Crippen LogP contribution in [-0.2, 0) is 0 Å². The summed E-state index contributed by atoms with van der Waals surface area (Å²) < 4.78 is 0. The van der Waals surface area contributed by atoms with Crippen LogP contribution in [0.4, 0.5) is 11.9 Å². The number of aromatic nitrogens is 3. The Morgan fingerprint density at radius 3 is 2.75 bits per heavy atom. The second-order valence-corrected chi connectivity index (χ2v) is 4.59. The summed E-state index contributed by atoms with van der Waals surface area (Å²) in [4.78, 5) is 11.5. The zero-order valence-corrected chi connectivity index (χ0v) is 10.8. The summed E-state index contributed by atoms with van der Waals surface area (Å²) in [5, 5.41) is 3.19. The molecule has 1 aromatic heterocycles. The molecule has 0 aromatic carbocycles. The lowest BCUT2D eigenvalue weighted by Gasteiger charge is -2.04. The number of nitrogens with zero attached hydrogens (tertiary/aromatic N) is 3. The first-order chi connectivity index (χ1) is 7.72. The number of nitrogen functional groups attached to an aromatic ring is 1. The fraction of sp³-hybridized carbons (Fsp3) is 0.667. The van der Waals surface area contributed by atoms with Gasteiger partial charge < -0.3 is 11.1 Å². The molecule has 0 aliphatic heterocycles. The molecule has 0 saturated heterocycles. The molecular weight excluding hydrogens is 246 g/mol. The highest BCUT2D eigenvalue weighted by atomic mass is 35.5. The van der Waals surface area contributed by atoms with Crippen LogP contribution in [0.3, 0.4) is 0 Å². The second kappa shape index (κ2) is 7.51. The van der Waals surface area contributed by atoms with Gasteiger partial charge in [-0.25, -0.2) is 0 Å². The van der Waals surface area contributed by atoms with Gasteiger partial charge in [-0.05, 0) is 36.5 Å². The van der Waals surface area contributed by atoms with Gasteiger partial charge in [0.15, 0.2) is 0 Å². The molecular formula is C9H16ClN5S. The summed E-state index contributed by atoms with van der Waals surface area (Å²) in [6, 6.07) is 0. The molecule has 0 aliphatic rings. The van der Waals surface area contributed by atoms with Crippen LogP contribution in [0.5, 0.6) is 0 Å². The van der Waals surface area contributed by atoms with E-state index < -0.39 is 0 Å². The maximum atomic E-state index is 5.65. The molecule has 7 heteroatoms. The van der Waals surface area contributed by atoms with Crippen molar-refractivity contribution in [2.75, 3.05) is 29.6 Å². The quantitative estimate of drug-likeness (QED) is 0.732. The van der Waals surface area contributed by atoms with Gasteiger partial charge >= 0.3 is 0 Å². The van der Waals surface area contributed by atoms with Crippen molar-refractivity contribution in [3.05, 3.63) is 5.28 Å². The Bertz CT molecular complexity index is 303. The SMILES string of the molecule is CSCCCCCNc1nc(N)nc(Cl)n1. The fourth-order valence-corrected chi connectivity index (χ4v) is 1.85. The van der Waals surface area contributed by atoms with Crippen LogP contribution in [0.15, 0.2) is 0 Å². The van der Waals surface area contributed by atoms with E-state index in [4.69, 9.17) is 17.3 Å². The molecule has 0 fully saturated rings. The summed E-state index contributed by atoms with van der Waals surface area (Å²) in [6.45, 7) is 0.828. The van der Waals surface area contributed by atoms with E-state index in [1.807, 2.05) is 11.8 Å². The van der Waals surface area contributed by atoms with Crippen LogP contribution >= 0.6 is 23.4 Å². The predicted octanol–water partition coefficient (Wildman–Crippen LogP) is 2.05. The Morgan fingerprint density at radius 1 is 1.25 bits per heavy atom. The Kier molecular flexibility index (Phi) is 6.25. The molecule has 16 heavy (non-hydrogen) atoms. The first-order valence-electron chi connectivity index (χ1n) is 5.12. The summed E-state index contributed by atoms with van der Waals surface area (Å²) in [7, 11) is 0. The number of hydrogen-bond acceptors (Lipinski definition) is 6. The number of hydrogen-bond donors (Lipinski definition) is 2. The highest BCUT2D eigenvalue weighted by Crippen LogP contribution is 2.07. The molecule has 3 N–H and O–H groups in total. The molecule has 0 spiro atoms. The van der Waals surface area contributed by atoms with Gasteiger partial charge in [-0.1, -0.05) is 6.42 Å². The van der Waals surface area contributed by atoms with Gasteiger partial charge in [0, 0.05) is 6.54 Å². The second-order valence-electron chi connectivity index (χ2n) is 3.27. The fourth-order valence-electron chi connectivity index (χ4n) is 1.19. The molecule has 0 unspecified atom stereocenters. The Morgan fingerprint density at radius 2 is 2.06 bits per heavy atom. The van der Waals surface area contributed by atoms with E-state index in [1.54, 1.807) is 0 Å². The number of halogens is 1. The smallest absolute Gasteiger partial charge is 0.228 e. The topological polar surface area (TPSA) is 76.7 Å². The Labute approximate surface area is 105 Å². The minimum atomic E-state index is 0.123. The maximum Gasteiger partial charge on any atom is 0.228 e. The molecule has 0 amide bonds. The van der Waals surface area contributed by atoms with Gasteiger partial charge in [-0.2, -0.15) is 26.7 Å². The van der Waals surface area contributed by atoms with E-state index in [-0.39, 0.29) is 11.2 Å². The van der Waals surface area contributed by atoms with E-state index in [1.165, 1.54) is 18.6 Å².